The number of thioether (sulfide) groups is 1. The number of aromatic nitrogens is 3. The molecule has 0 aliphatic carbocycles. The van der Waals surface area contributed by atoms with Gasteiger partial charge in [-0.15, -0.1) is 10.2 Å². The molecule has 1 unspecified atom stereocenters. The molecular formula is C31H31Cl2N5O2S. The molecule has 1 aliphatic heterocycles. The number of carbonyl (C=O) groups excluding carboxylic acids is 2. The zero-order valence-electron chi connectivity index (χ0n) is 22.7. The maximum atomic E-state index is 13.0. The second-order valence-corrected chi connectivity index (χ2v) is 11.9. The highest BCUT2D eigenvalue weighted by molar-refractivity contribution is 7.99. The van der Waals surface area contributed by atoms with Crippen LogP contribution in [0.15, 0.2) is 84.0 Å². The maximum Gasteiger partial charge on any atom is 0.254 e. The first kappa shape index (κ1) is 29.2. The first-order valence-electron chi connectivity index (χ1n) is 13.6. The van der Waals surface area contributed by atoms with Crippen molar-refractivity contribution in [3.63, 3.8) is 0 Å². The summed E-state index contributed by atoms with van der Waals surface area (Å²) in [7, 11) is 0. The van der Waals surface area contributed by atoms with Gasteiger partial charge in [-0.3, -0.25) is 14.2 Å². The molecular weight excluding hydrogens is 577 g/mol. The Labute approximate surface area is 254 Å². The number of hydrogen-bond acceptors (Lipinski definition) is 5. The van der Waals surface area contributed by atoms with Crippen molar-refractivity contribution in [3.8, 4) is 5.69 Å². The molecule has 1 aromatic heterocycles. The third-order valence-corrected chi connectivity index (χ3v) is 8.85. The highest BCUT2D eigenvalue weighted by Crippen LogP contribution is 2.26. The third-order valence-electron chi connectivity index (χ3n) is 7.09. The molecule has 0 saturated carbocycles. The summed E-state index contributed by atoms with van der Waals surface area (Å²) in [5.41, 5.74) is 2.69. The van der Waals surface area contributed by atoms with E-state index in [9.17, 15) is 9.59 Å². The van der Waals surface area contributed by atoms with Crippen LogP contribution in [0.4, 0.5) is 0 Å². The van der Waals surface area contributed by atoms with Crippen LogP contribution in [0.2, 0.25) is 10.0 Å². The smallest absolute Gasteiger partial charge is 0.254 e. The van der Waals surface area contributed by atoms with Gasteiger partial charge in [0.25, 0.3) is 5.91 Å². The van der Waals surface area contributed by atoms with Gasteiger partial charge in [-0.25, -0.2) is 0 Å². The predicted molar refractivity (Wildman–Crippen MR) is 164 cm³/mol. The van der Waals surface area contributed by atoms with E-state index in [1.807, 2.05) is 48.2 Å². The minimum Gasteiger partial charge on any atom is -0.339 e. The fraction of sp³-hybridized carbons (Fsp3) is 0.290. The van der Waals surface area contributed by atoms with Crippen LogP contribution >= 0.6 is 35.0 Å². The lowest BCUT2D eigenvalue weighted by molar-refractivity contribution is -0.133. The van der Waals surface area contributed by atoms with Crippen molar-refractivity contribution in [2.24, 2.45) is 0 Å². The fourth-order valence-electron chi connectivity index (χ4n) is 4.95. The SMILES string of the molecule is CC1CN(C(=O)CCCSc2nnc(Cc3ccccc3)n2-c2ccccc2)CCN1C(=O)c1ccc(Cl)c(Cl)c1. The maximum absolute atomic E-state index is 13.0. The van der Waals surface area contributed by atoms with Crippen LogP contribution in [0, 0.1) is 0 Å². The molecule has 1 saturated heterocycles. The Bertz CT molecular complexity index is 1500. The Morgan fingerprint density at radius 1 is 0.927 bits per heavy atom. The quantitative estimate of drug-likeness (QED) is 0.162. The lowest BCUT2D eigenvalue weighted by atomic mass is 10.1. The summed E-state index contributed by atoms with van der Waals surface area (Å²) in [6.45, 7) is 3.46. The van der Waals surface area contributed by atoms with Gasteiger partial charge in [0.2, 0.25) is 5.91 Å². The Morgan fingerprint density at radius 2 is 1.66 bits per heavy atom. The van der Waals surface area contributed by atoms with E-state index in [2.05, 4.69) is 39.0 Å². The van der Waals surface area contributed by atoms with Crippen LogP contribution in [0.3, 0.4) is 0 Å². The molecule has 0 radical (unpaired) electrons. The van der Waals surface area contributed by atoms with Crippen molar-refractivity contribution in [1.82, 2.24) is 24.6 Å². The first-order valence-corrected chi connectivity index (χ1v) is 15.3. The van der Waals surface area contributed by atoms with Crippen LogP contribution in [0.25, 0.3) is 5.69 Å². The van der Waals surface area contributed by atoms with E-state index in [0.717, 1.165) is 28.8 Å². The molecule has 5 rings (SSSR count). The molecule has 1 atom stereocenters. The number of halogens is 2. The van der Waals surface area contributed by atoms with E-state index in [0.29, 0.717) is 48.1 Å². The van der Waals surface area contributed by atoms with Crippen molar-refractivity contribution in [2.45, 2.75) is 37.4 Å². The molecule has 1 aliphatic rings. The Hall–Kier alpha value is -3.33. The lowest BCUT2D eigenvalue weighted by Crippen LogP contribution is -2.55. The van der Waals surface area contributed by atoms with E-state index in [1.165, 1.54) is 5.56 Å². The van der Waals surface area contributed by atoms with Crippen LogP contribution in [-0.4, -0.2) is 67.8 Å². The number of nitrogens with zero attached hydrogens (tertiary/aromatic N) is 5. The average molecular weight is 609 g/mol. The second kappa shape index (κ2) is 13.6. The molecule has 41 heavy (non-hydrogen) atoms. The number of carbonyl (C=O) groups is 2. The zero-order valence-corrected chi connectivity index (χ0v) is 25.1. The highest BCUT2D eigenvalue weighted by atomic mass is 35.5. The number of amides is 2. The summed E-state index contributed by atoms with van der Waals surface area (Å²) >= 11 is 13.7. The Balaban J connectivity index is 1.15. The second-order valence-electron chi connectivity index (χ2n) is 10.0. The molecule has 2 amide bonds. The van der Waals surface area contributed by atoms with Gasteiger partial charge in [0.15, 0.2) is 5.16 Å². The van der Waals surface area contributed by atoms with Gasteiger partial charge in [-0.1, -0.05) is 83.5 Å². The molecule has 1 fully saturated rings. The lowest BCUT2D eigenvalue weighted by Gasteiger charge is -2.40. The van der Waals surface area contributed by atoms with E-state index in [-0.39, 0.29) is 17.9 Å². The summed E-state index contributed by atoms with van der Waals surface area (Å²) in [5.74, 6) is 1.62. The number of hydrogen-bond donors (Lipinski definition) is 0. The van der Waals surface area contributed by atoms with Gasteiger partial charge in [0.1, 0.15) is 5.82 Å². The molecule has 10 heteroatoms. The van der Waals surface area contributed by atoms with E-state index < -0.39 is 0 Å². The van der Waals surface area contributed by atoms with Crippen molar-refractivity contribution >= 4 is 46.8 Å². The standard InChI is InChI=1S/C31H31Cl2N5O2S/c1-22-21-36(16-17-37(22)30(40)24-14-15-26(32)27(33)20-24)29(39)13-8-18-41-31-35-34-28(19-23-9-4-2-5-10-23)38(31)25-11-6-3-7-12-25/h2-7,9-12,14-15,20,22H,8,13,16-19,21H2,1H3. The normalized spacial score (nSPS) is 15.2. The van der Waals surface area contributed by atoms with Crippen molar-refractivity contribution in [3.05, 3.63) is 106 Å². The summed E-state index contributed by atoms with van der Waals surface area (Å²) in [6.07, 6.45) is 1.84. The highest BCUT2D eigenvalue weighted by Gasteiger charge is 2.30. The topological polar surface area (TPSA) is 71.3 Å². The van der Waals surface area contributed by atoms with E-state index in [1.54, 1.807) is 34.9 Å². The summed E-state index contributed by atoms with van der Waals surface area (Å²) in [4.78, 5) is 29.7. The molecule has 2 heterocycles. The summed E-state index contributed by atoms with van der Waals surface area (Å²) in [5, 5.41) is 10.6. The monoisotopic (exact) mass is 607 g/mol. The molecule has 4 aromatic rings. The minimum atomic E-state index is -0.103. The fourth-order valence-corrected chi connectivity index (χ4v) is 6.16. The van der Waals surface area contributed by atoms with Gasteiger partial charge >= 0.3 is 0 Å². The number of piperazine rings is 1. The molecule has 7 nitrogen and oxygen atoms in total. The average Bonchev–Trinajstić information content (AvgIpc) is 3.39. The van der Waals surface area contributed by atoms with Gasteiger partial charge in [-0.2, -0.15) is 0 Å². The minimum absolute atomic E-state index is 0.100. The number of rotatable bonds is 9. The first-order chi connectivity index (χ1) is 19.9. The molecule has 0 N–H and O–H groups in total. The van der Waals surface area contributed by atoms with Crippen molar-refractivity contribution in [1.29, 1.82) is 0 Å². The van der Waals surface area contributed by atoms with Crippen LogP contribution in [0.5, 0.6) is 0 Å². The molecule has 3 aromatic carbocycles. The van der Waals surface area contributed by atoms with Crippen molar-refractivity contribution in [2.75, 3.05) is 25.4 Å². The van der Waals surface area contributed by atoms with E-state index in [4.69, 9.17) is 23.2 Å². The Morgan fingerprint density at radius 3 is 2.37 bits per heavy atom. The van der Waals surface area contributed by atoms with E-state index >= 15 is 0 Å². The van der Waals surface area contributed by atoms with Gasteiger partial charge < -0.3 is 9.80 Å². The van der Waals surface area contributed by atoms with Gasteiger partial charge in [0.05, 0.1) is 10.0 Å². The van der Waals surface area contributed by atoms with Crippen LogP contribution < -0.4 is 0 Å². The summed E-state index contributed by atoms with van der Waals surface area (Å²) < 4.78 is 2.10. The van der Waals surface area contributed by atoms with Crippen LogP contribution in [0.1, 0.15) is 41.5 Å². The Kier molecular flexibility index (Phi) is 9.64. The molecule has 212 valence electrons. The molecule has 0 bridgehead atoms. The van der Waals surface area contributed by atoms with Gasteiger partial charge in [0, 0.05) is 55.5 Å². The zero-order chi connectivity index (χ0) is 28.8. The van der Waals surface area contributed by atoms with Crippen molar-refractivity contribution < 1.29 is 9.59 Å². The number of benzene rings is 3. The molecule has 0 spiro atoms. The largest absolute Gasteiger partial charge is 0.339 e. The third kappa shape index (κ3) is 7.12. The summed E-state index contributed by atoms with van der Waals surface area (Å²) in [6, 6.07) is 25.2. The number of para-hydroxylation sites is 1. The van der Waals surface area contributed by atoms with Gasteiger partial charge in [-0.05, 0) is 49.2 Å². The predicted octanol–water partition coefficient (Wildman–Crippen LogP) is 6.41. The van der Waals surface area contributed by atoms with Crippen LogP contribution in [-0.2, 0) is 11.2 Å².